The van der Waals surface area contributed by atoms with Gasteiger partial charge >= 0.3 is 5.69 Å². The molecule has 0 saturated heterocycles. The molecule has 0 fully saturated rings. The van der Waals surface area contributed by atoms with Crippen LogP contribution in [-0.4, -0.2) is 45.5 Å². The van der Waals surface area contributed by atoms with Gasteiger partial charge in [0.2, 0.25) is 0 Å². The van der Waals surface area contributed by atoms with E-state index in [9.17, 15) is 19.2 Å². The van der Waals surface area contributed by atoms with Gasteiger partial charge in [0.05, 0.1) is 11.4 Å². The minimum atomic E-state index is -0.778. The van der Waals surface area contributed by atoms with E-state index < -0.39 is 17.2 Å². The third-order valence-corrected chi connectivity index (χ3v) is 5.53. The third-order valence-electron chi connectivity index (χ3n) is 5.53. The zero-order valence-electron chi connectivity index (χ0n) is 20.7. The van der Waals surface area contributed by atoms with Crippen molar-refractivity contribution >= 4 is 28.2 Å². The van der Waals surface area contributed by atoms with Gasteiger partial charge in [-0.3, -0.25) is 28.8 Å². The number of aromatic nitrogens is 4. The van der Waals surface area contributed by atoms with Crippen LogP contribution in [0.5, 0.6) is 0 Å². The van der Waals surface area contributed by atoms with E-state index in [-0.39, 0.29) is 47.8 Å². The lowest BCUT2D eigenvalue weighted by molar-refractivity contribution is 0.0977. The van der Waals surface area contributed by atoms with Gasteiger partial charge in [0.1, 0.15) is 5.82 Å². The SMILES string of the molecule is COCCCN(C(=O)c1nn(C(C)C)c(=O)c2ccccc12)c1c(N)n(CC(C)C)c(=O)[nH]c1=O. The van der Waals surface area contributed by atoms with Crippen molar-refractivity contribution in [2.24, 2.45) is 5.92 Å². The number of carbonyl (C=O) groups excluding carboxylic acids is 1. The Labute approximate surface area is 202 Å². The fraction of sp³-hybridized carbons (Fsp3) is 0.458. The number of aromatic amines is 1. The van der Waals surface area contributed by atoms with Gasteiger partial charge in [-0.15, -0.1) is 0 Å². The van der Waals surface area contributed by atoms with Crippen LogP contribution < -0.4 is 27.4 Å². The van der Waals surface area contributed by atoms with Crippen LogP contribution in [0, 0.1) is 5.92 Å². The summed E-state index contributed by atoms with van der Waals surface area (Å²) >= 11 is 0. The van der Waals surface area contributed by atoms with Crippen molar-refractivity contribution in [1.29, 1.82) is 0 Å². The highest BCUT2D eigenvalue weighted by molar-refractivity contribution is 6.13. The van der Waals surface area contributed by atoms with Crippen molar-refractivity contribution in [3.8, 4) is 0 Å². The van der Waals surface area contributed by atoms with E-state index in [4.69, 9.17) is 10.5 Å². The van der Waals surface area contributed by atoms with Crippen LogP contribution in [0.3, 0.4) is 0 Å². The first-order chi connectivity index (χ1) is 16.6. The van der Waals surface area contributed by atoms with Crippen LogP contribution in [0.25, 0.3) is 10.8 Å². The molecule has 11 heteroatoms. The first kappa shape index (κ1) is 25.9. The van der Waals surface area contributed by atoms with Crippen molar-refractivity contribution in [3.63, 3.8) is 0 Å². The molecule has 0 aliphatic heterocycles. The Morgan fingerprint density at radius 1 is 1.14 bits per heavy atom. The molecule has 2 aromatic heterocycles. The van der Waals surface area contributed by atoms with Gasteiger partial charge in [-0.25, -0.2) is 9.48 Å². The van der Waals surface area contributed by atoms with E-state index in [1.807, 2.05) is 13.8 Å². The molecule has 0 bridgehead atoms. The average Bonchev–Trinajstić information content (AvgIpc) is 2.80. The number of rotatable bonds is 9. The number of carbonyl (C=O) groups is 1. The molecule has 0 unspecified atom stereocenters. The summed E-state index contributed by atoms with van der Waals surface area (Å²) in [4.78, 5) is 55.8. The first-order valence-corrected chi connectivity index (χ1v) is 11.5. The minimum absolute atomic E-state index is 0.00623. The highest BCUT2D eigenvalue weighted by Gasteiger charge is 2.28. The Bertz CT molecular complexity index is 1400. The number of ether oxygens (including phenoxy) is 1. The first-order valence-electron chi connectivity index (χ1n) is 11.5. The number of hydrogen-bond acceptors (Lipinski definition) is 7. The highest BCUT2D eigenvalue weighted by Crippen LogP contribution is 2.23. The number of nitrogen functional groups attached to an aromatic ring is 1. The van der Waals surface area contributed by atoms with Crippen LogP contribution >= 0.6 is 0 Å². The predicted octanol–water partition coefficient (Wildman–Crippen LogP) is 1.75. The zero-order valence-corrected chi connectivity index (χ0v) is 20.7. The summed E-state index contributed by atoms with van der Waals surface area (Å²) in [6.45, 7) is 8.06. The Morgan fingerprint density at radius 2 is 1.80 bits per heavy atom. The summed E-state index contributed by atoms with van der Waals surface area (Å²) in [5.41, 5.74) is 4.43. The van der Waals surface area contributed by atoms with Crippen LogP contribution in [0.2, 0.25) is 0 Å². The van der Waals surface area contributed by atoms with Crippen LogP contribution in [-0.2, 0) is 11.3 Å². The van der Waals surface area contributed by atoms with E-state index in [0.717, 1.165) is 0 Å². The van der Waals surface area contributed by atoms with Crippen molar-refractivity contribution in [2.75, 3.05) is 30.9 Å². The molecule has 11 nitrogen and oxygen atoms in total. The maximum absolute atomic E-state index is 14.0. The zero-order chi connectivity index (χ0) is 25.9. The summed E-state index contributed by atoms with van der Waals surface area (Å²) < 4.78 is 7.63. The van der Waals surface area contributed by atoms with Crippen LogP contribution in [0.4, 0.5) is 11.5 Å². The fourth-order valence-corrected chi connectivity index (χ4v) is 3.91. The van der Waals surface area contributed by atoms with Gasteiger partial charge in [-0.1, -0.05) is 32.0 Å². The smallest absolute Gasteiger partial charge is 0.330 e. The van der Waals surface area contributed by atoms with E-state index in [0.29, 0.717) is 23.8 Å². The molecule has 1 aromatic carbocycles. The van der Waals surface area contributed by atoms with Crippen LogP contribution in [0.1, 0.15) is 50.6 Å². The molecule has 3 rings (SSSR count). The molecule has 0 atom stereocenters. The topological polar surface area (TPSA) is 145 Å². The van der Waals surface area contributed by atoms with Gasteiger partial charge in [0.25, 0.3) is 17.0 Å². The fourth-order valence-electron chi connectivity index (χ4n) is 3.91. The second-order valence-corrected chi connectivity index (χ2v) is 9.04. The van der Waals surface area contributed by atoms with Gasteiger partial charge in [0.15, 0.2) is 11.4 Å². The standard InChI is InChI=1S/C24H32N6O5/c1-14(2)13-29-20(25)19(21(31)26-24(29)34)28(11-8-12-35-5)23(33)18-16-9-6-7-10-17(16)22(32)30(27-18)15(3)4/h6-7,9-10,14-15H,8,11-13,25H2,1-5H3,(H,26,31,34). The molecular weight excluding hydrogens is 452 g/mol. The molecular formula is C24H32N6O5. The predicted molar refractivity (Wildman–Crippen MR) is 135 cm³/mol. The number of benzene rings is 1. The summed E-state index contributed by atoms with van der Waals surface area (Å²) in [6, 6.07) is 6.39. The average molecular weight is 485 g/mol. The summed E-state index contributed by atoms with van der Waals surface area (Å²) in [5, 5.41) is 5.08. The maximum atomic E-state index is 14.0. The monoisotopic (exact) mass is 484 g/mol. The lowest BCUT2D eigenvalue weighted by Gasteiger charge is -2.25. The van der Waals surface area contributed by atoms with E-state index in [1.165, 1.54) is 21.3 Å². The van der Waals surface area contributed by atoms with Crippen LogP contribution in [0.15, 0.2) is 38.6 Å². The number of fused-ring (bicyclic) bond motifs is 1. The highest BCUT2D eigenvalue weighted by atomic mass is 16.5. The minimum Gasteiger partial charge on any atom is -0.385 e. The van der Waals surface area contributed by atoms with Crippen molar-refractivity contribution in [1.82, 2.24) is 19.3 Å². The van der Waals surface area contributed by atoms with E-state index in [1.54, 1.807) is 38.1 Å². The Balaban J connectivity index is 2.28. The lowest BCUT2D eigenvalue weighted by atomic mass is 10.1. The normalized spacial score (nSPS) is 11.5. The molecule has 188 valence electrons. The van der Waals surface area contributed by atoms with Gasteiger partial charge in [-0.2, -0.15) is 5.10 Å². The largest absolute Gasteiger partial charge is 0.385 e. The van der Waals surface area contributed by atoms with Crippen molar-refractivity contribution in [3.05, 3.63) is 61.2 Å². The quantitative estimate of drug-likeness (QED) is 0.440. The number of nitrogens with zero attached hydrogens (tertiary/aromatic N) is 4. The molecule has 0 aliphatic rings. The van der Waals surface area contributed by atoms with Gasteiger partial charge in [0, 0.05) is 32.2 Å². The van der Waals surface area contributed by atoms with Crippen molar-refractivity contribution < 1.29 is 9.53 Å². The maximum Gasteiger partial charge on any atom is 0.330 e. The molecule has 1 amide bonds. The number of nitrogens with one attached hydrogen (secondary N) is 1. The van der Waals surface area contributed by atoms with E-state index in [2.05, 4.69) is 10.1 Å². The number of amides is 1. The Hall–Kier alpha value is -3.73. The number of hydrogen-bond donors (Lipinski definition) is 2. The second kappa shape index (κ2) is 10.7. The Morgan fingerprint density at radius 3 is 2.40 bits per heavy atom. The number of anilines is 2. The summed E-state index contributed by atoms with van der Waals surface area (Å²) in [6.07, 6.45) is 0.395. The Kier molecular flexibility index (Phi) is 7.90. The molecule has 0 saturated carbocycles. The lowest BCUT2D eigenvalue weighted by Crippen LogP contribution is -2.43. The molecule has 0 spiro atoms. The van der Waals surface area contributed by atoms with Gasteiger partial charge in [-0.05, 0) is 32.3 Å². The second-order valence-electron chi connectivity index (χ2n) is 9.04. The third kappa shape index (κ3) is 5.19. The van der Waals surface area contributed by atoms with Crippen molar-refractivity contribution in [2.45, 2.75) is 46.7 Å². The number of nitrogens with two attached hydrogens (primary N) is 1. The number of methoxy groups -OCH3 is 1. The summed E-state index contributed by atoms with van der Waals surface area (Å²) in [7, 11) is 1.53. The summed E-state index contributed by atoms with van der Waals surface area (Å²) in [5.74, 6) is -0.662. The molecule has 3 aromatic rings. The molecule has 0 aliphatic carbocycles. The molecule has 2 heterocycles. The molecule has 3 N–H and O–H groups in total. The molecule has 0 radical (unpaired) electrons. The van der Waals surface area contributed by atoms with Gasteiger partial charge < -0.3 is 10.5 Å². The number of H-pyrrole nitrogens is 1. The molecule has 35 heavy (non-hydrogen) atoms. The van der Waals surface area contributed by atoms with E-state index >= 15 is 0 Å².